The van der Waals surface area contributed by atoms with Crippen LogP contribution < -0.4 is 57.1 Å². The Balaban J connectivity index is 0.00000210. The molecule has 6 nitrogen and oxygen atoms in total. The summed E-state index contributed by atoms with van der Waals surface area (Å²) < 4.78 is 9.35. The lowest BCUT2D eigenvalue weighted by Gasteiger charge is -2.03. The number of carbonyl (C=O) groups excluding carboxylic acids is 1. The average Bonchev–Trinajstić information content (AvgIpc) is 2.69. The number of ketones is 1. The van der Waals surface area contributed by atoms with E-state index in [1.807, 2.05) is 77.1 Å². The van der Waals surface area contributed by atoms with Gasteiger partial charge in [0, 0.05) is 35.4 Å². The minimum Gasteiger partial charge on any atom is -1.00 e. The fraction of sp³-hybridized carbons (Fsp3) is 0.143. The number of hydrogen-bond acceptors (Lipinski definition) is 4. The summed E-state index contributed by atoms with van der Waals surface area (Å²) in [6.07, 6.45) is 6.82. The van der Waals surface area contributed by atoms with Crippen LogP contribution in [0.15, 0.2) is 78.3 Å². The van der Waals surface area contributed by atoms with Crippen molar-refractivity contribution in [3.63, 3.8) is 0 Å². The molecule has 0 aliphatic rings. The lowest BCUT2D eigenvalue weighted by molar-refractivity contribution is -0.788. The molecule has 3 rings (SSSR count). The van der Waals surface area contributed by atoms with Crippen LogP contribution in [0.4, 0.5) is 0 Å². The zero-order valence-electron chi connectivity index (χ0n) is 15.8. The quantitative estimate of drug-likeness (QED) is 0.0741. The molecular weight excluding hydrogens is 596 g/mol. The number of carbonyl (C=O) groups is 1. The zero-order valence-corrected chi connectivity index (χ0v) is 20.1. The van der Waals surface area contributed by atoms with Crippen LogP contribution in [0.1, 0.15) is 27.2 Å². The highest BCUT2D eigenvalue weighted by molar-refractivity contribution is 6.08. The molecule has 0 atom stereocenters. The predicted octanol–water partition coefficient (Wildman–Crippen LogP) is -3.75. The summed E-state index contributed by atoms with van der Waals surface area (Å²) in [5, 5.41) is 11.8. The molecule has 1 aromatic carbocycles. The second-order valence-electron chi connectivity index (χ2n) is 6.10. The number of rotatable bonds is 7. The van der Waals surface area contributed by atoms with Gasteiger partial charge in [-0.25, -0.2) is 0 Å². The molecule has 2 aromatic heterocycles. The number of oxime groups is 1. The van der Waals surface area contributed by atoms with E-state index >= 15 is 0 Å². The summed E-state index contributed by atoms with van der Waals surface area (Å²) in [4.78, 5) is 12.5. The van der Waals surface area contributed by atoms with Gasteiger partial charge in [-0.3, -0.25) is 9.53 Å². The van der Waals surface area contributed by atoms with E-state index < -0.39 is 0 Å². The Labute approximate surface area is 203 Å². The summed E-state index contributed by atoms with van der Waals surface area (Å²) in [6, 6.07) is 16.7. The van der Waals surface area contributed by atoms with Crippen molar-refractivity contribution >= 4 is 12.0 Å². The first-order valence-corrected chi connectivity index (χ1v) is 8.51. The Morgan fingerprint density at radius 2 is 1.76 bits per heavy atom. The molecule has 152 valence electrons. The van der Waals surface area contributed by atoms with Gasteiger partial charge in [0.2, 0.25) is 5.69 Å². The van der Waals surface area contributed by atoms with Crippen LogP contribution in [0.2, 0.25) is 0 Å². The summed E-state index contributed by atoms with van der Waals surface area (Å²) in [6.45, 7) is 2.60. The molecule has 0 bridgehead atoms. The van der Waals surface area contributed by atoms with Crippen LogP contribution in [0, 0.1) is 6.92 Å². The number of pyridine rings is 2. The highest BCUT2D eigenvalue weighted by atomic mass is 127. The molecule has 8 heteroatoms. The normalized spacial score (nSPS) is 10.2. The molecule has 0 saturated heterocycles. The molecule has 0 aliphatic carbocycles. The molecule has 3 aromatic rings. The van der Waals surface area contributed by atoms with Gasteiger partial charge in [-0.2, -0.15) is 9.13 Å². The van der Waals surface area contributed by atoms with Gasteiger partial charge in [0.1, 0.15) is 6.21 Å². The first-order valence-electron chi connectivity index (χ1n) is 8.51. The smallest absolute Gasteiger partial charge is 0.258 e. The molecule has 2 heterocycles. The Morgan fingerprint density at radius 3 is 2.45 bits per heavy atom. The molecule has 0 spiro atoms. The van der Waals surface area contributed by atoms with E-state index in [1.165, 1.54) is 6.21 Å². The molecule has 0 radical (unpaired) electrons. The first kappa shape index (κ1) is 25.1. The van der Waals surface area contributed by atoms with Gasteiger partial charge in [-0.05, 0) is 19.1 Å². The minimum atomic E-state index is -0.000424. The number of aromatic nitrogens is 2. The fourth-order valence-electron chi connectivity index (χ4n) is 2.68. The van der Waals surface area contributed by atoms with Crippen LogP contribution in [0.3, 0.4) is 0 Å². The van der Waals surface area contributed by atoms with Crippen LogP contribution >= 0.6 is 0 Å². The SMILES string of the molecule is Cc1cccc(C(=O)c2cc[n+](COC[n+]3ccccc3C=NO)cc2)c1.[I-].[I-]. The third kappa shape index (κ3) is 7.12. The third-order valence-corrected chi connectivity index (χ3v) is 4.07. The molecule has 0 aliphatic heterocycles. The molecule has 0 saturated carbocycles. The summed E-state index contributed by atoms with van der Waals surface area (Å²) in [5.41, 5.74) is 3.10. The largest absolute Gasteiger partial charge is 1.00 e. The van der Waals surface area contributed by atoms with Crippen molar-refractivity contribution in [3.8, 4) is 0 Å². The topological polar surface area (TPSA) is 66.7 Å². The van der Waals surface area contributed by atoms with Gasteiger partial charge < -0.3 is 53.2 Å². The van der Waals surface area contributed by atoms with E-state index in [0.29, 0.717) is 24.6 Å². The first-order chi connectivity index (χ1) is 13.2. The van der Waals surface area contributed by atoms with E-state index in [1.54, 1.807) is 12.1 Å². The maximum atomic E-state index is 12.5. The number of halogens is 2. The highest BCUT2D eigenvalue weighted by Crippen LogP contribution is 2.10. The van der Waals surface area contributed by atoms with E-state index in [9.17, 15) is 4.79 Å². The van der Waals surface area contributed by atoms with Gasteiger partial charge in [0.05, 0.1) is 0 Å². The van der Waals surface area contributed by atoms with Gasteiger partial charge in [0.25, 0.3) is 13.5 Å². The van der Waals surface area contributed by atoms with Gasteiger partial charge in [0.15, 0.2) is 24.4 Å². The molecule has 0 unspecified atom stereocenters. The summed E-state index contributed by atoms with van der Waals surface area (Å²) in [5.74, 6) is -0.000424. The molecule has 0 fully saturated rings. The molecular formula is C21H21I2N3O3. The second kappa shape index (κ2) is 12.6. The van der Waals surface area contributed by atoms with E-state index in [0.717, 1.165) is 11.3 Å². The van der Waals surface area contributed by atoms with Crippen LogP contribution in [-0.2, 0) is 18.2 Å². The van der Waals surface area contributed by atoms with Crippen molar-refractivity contribution < 1.29 is 71.8 Å². The number of nitrogens with zero attached hydrogens (tertiary/aromatic N) is 3. The summed E-state index contributed by atoms with van der Waals surface area (Å²) >= 11 is 0. The Bertz CT molecular complexity index is 963. The Kier molecular flexibility index (Phi) is 10.9. The highest BCUT2D eigenvalue weighted by Gasteiger charge is 2.12. The van der Waals surface area contributed by atoms with Crippen LogP contribution in [-0.4, -0.2) is 17.2 Å². The van der Waals surface area contributed by atoms with Crippen LogP contribution in [0.25, 0.3) is 0 Å². The van der Waals surface area contributed by atoms with Crippen molar-refractivity contribution in [2.75, 3.05) is 0 Å². The van der Waals surface area contributed by atoms with Gasteiger partial charge in [-0.15, -0.1) is 0 Å². The Hall–Kier alpha value is -1.92. The maximum absolute atomic E-state index is 12.5. The monoisotopic (exact) mass is 617 g/mol. The van der Waals surface area contributed by atoms with E-state index in [4.69, 9.17) is 9.94 Å². The lowest BCUT2D eigenvalue weighted by atomic mass is 10.0. The van der Waals surface area contributed by atoms with Crippen LogP contribution in [0.5, 0.6) is 0 Å². The lowest BCUT2D eigenvalue weighted by Crippen LogP contribution is -3.00. The van der Waals surface area contributed by atoms with Crippen molar-refractivity contribution in [3.05, 3.63) is 95.6 Å². The second-order valence-corrected chi connectivity index (χ2v) is 6.10. The number of aryl methyl sites for hydroxylation is 1. The maximum Gasteiger partial charge on any atom is 0.258 e. The molecule has 29 heavy (non-hydrogen) atoms. The van der Waals surface area contributed by atoms with Crippen molar-refractivity contribution in [1.29, 1.82) is 0 Å². The summed E-state index contributed by atoms with van der Waals surface area (Å²) in [7, 11) is 0. The molecule has 1 N–H and O–H groups in total. The minimum absolute atomic E-state index is 0. The number of ether oxygens (including phenoxy) is 1. The van der Waals surface area contributed by atoms with Crippen molar-refractivity contribution in [1.82, 2.24) is 0 Å². The third-order valence-electron chi connectivity index (χ3n) is 4.07. The Morgan fingerprint density at radius 1 is 1.00 bits per heavy atom. The van der Waals surface area contributed by atoms with Gasteiger partial charge >= 0.3 is 0 Å². The van der Waals surface area contributed by atoms with Gasteiger partial charge in [-0.1, -0.05) is 28.9 Å². The predicted molar refractivity (Wildman–Crippen MR) is 98.4 cm³/mol. The fourth-order valence-corrected chi connectivity index (χ4v) is 2.68. The van der Waals surface area contributed by atoms with Crippen molar-refractivity contribution in [2.24, 2.45) is 5.16 Å². The van der Waals surface area contributed by atoms with E-state index in [-0.39, 0.29) is 53.7 Å². The zero-order chi connectivity index (χ0) is 19.1. The van der Waals surface area contributed by atoms with Crippen molar-refractivity contribution in [2.45, 2.75) is 20.4 Å². The standard InChI is InChI=1S/C21H20N3O3.2HI/c1-17-5-4-6-19(13-17)21(25)18-8-11-23(12-9-18)15-27-16-24-10-3-2-7-20(24)14-22-26;;/h2-14H,15-16H2,1H3;2*1H/q+1;;/p-1. The van der Waals surface area contributed by atoms with E-state index in [2.05, 4.69) is 5.16 Å². The molecule has 0 amide bonds. The average molecular weight is 617 g/mol. The number of benzene rings is 1. The number of hydrogen-bond donors (Lipinski definition) is 1.